The van der Waals surface area contributed by atoms with Crippen LogP contribution in [0.4, 0.5) is 10.5 Å². The number of rotatable bonds is 7. The number of anilines is 1. The monoisotopic (exact) mass is 344 g/mol. The predicted molar refractivity (Wildman–Crippen MR) is 95.2 cm³/mol. The van der Waals surface area contributed by atoms with Crippen molar-refractivity contribution < 1.29 is 14.3 Å². The molecule has 25 heavy (non-hydrogen) atoms. The van der Waals surface area contributed by atoms with Crippen LogP contribution in [0.25, 0.3) is 0 Å². The second-order valence-corrected chi connectivity index (χ2v) is 5.77. The Kier molecular flexibility index (Phi) is 6.56. The predicted octanol–water partition coefficient (Wildman–Crippen LogP) is 2.99. The highest BCUT2D eigenvalue weighted by atomic mass is 16.5. The van der Waals surface area contributed by atoms with Crippen LogP contribution in [0.15, 0.2) is 36.7 Å². The van der Waals surface area contributed by atoms with Gasteiger partial charge in [-0.05, 0) is 24.1 Å². The Morgan fingerprint density at radius 1 is 1.28 bits per heavy atom. The van der Waals surface area contributed by atoms with Crippen LogP contribution in [-0.2, 0) is 16.6 Å². The largest absolute Gasteiger partial charge is 0.450 e. The minimum absolute atomic E-state index is 0.133. The molecular weight excluding hydrogens is 320 g/mol. The zero-order valence-corrected chi connectivity index (χ0v) is 14.8. The van der Waals surface area contributed by atoms with Crippen molar-refractivity contribution in [3.63, 3.8) is 0 Å². The molecule has 1 aromatic carbocycles. The van der Waals surface area contributed by atoms with E-state index in [1.165, 1.54) is 6.92 Å². The number of hydrogen-bond acceptors (Lipinski definition) is 4. The quantitative estimate of drug-likeness (QED) is 0.756. The lowest BCUT2D eigenvalue weighted by molar-refractivity contribution is -0.114. The molecule has 1 aromatic heterocycles. The average Bonchev–Trinajstić information content (AvgIpc) is 2.99. The molecule has 1 heterocycles. The number of carbonyl (C=O) groups is 2. The van der Waals surface area contributed by atoms with Crippen molar-refractivity contribution in [2.24, 2.45) is 7.05 Å². The van der Waals surface area contributed by atoms with Gasteiger partial charge in [0, 0.05) is 32.1 Å². The van der Waals surface area contributed by atoms with Gasteiger partial charge in [-0.3, -0.25) is 4.79 Å². The minimum atomic E-state index is -0.479. The van der Waals surface area contributed by atoms with Gasteiger partial charge in [-0.25, -0.2) is 9.78 Å². The van der Waals surface area contributed by atoms with E-state index in [0.717, 1.165) is 18.4 Å². The third kappa shape index (κ3) is 5.34. The van der Waals surface area contributed by atoms with E-state index in [4.69, 9.17) is 4.74 Å². The fourth-order valence-electron chi connectivity index (χ4n) is 2.38. The Bertz CT molecular complexity index is 709. The van der Waals surface area contributed by atoms with Crippen molar-refractivity contribution in [1.82, 2.24) is 14.9 Å². The first kappa shape index (κ1) is 18.5. The van der Waals surface area contributed by atoms with Crippen molar-refractivity contribution in [2.75, 3.05) is 11.9 Å². The van der Waals surface area contributed by atoms with Crippen molar-refractivity contribution in [3.05, 3.63) is 48.0 Å². The van der Waals surface area contributed by atoms with Gasteiger partial charge in [-0.1, -0.05) is 25.5 Å². The molecule has 134 valence electrons. The van der Waals surface area contributed by atoms with Crippen LogP contribution in [0.3, 0.4) is 0 Å². The van der Waals surface area contributed by atoms with Crippen LogP contribution in [0.2, 0.25) is 0 Å². The SMILES string of the molecule is CCCCOC(=O)NC(c1ccc(NC(C)=O)cc1)c1nccn1C. The highest BCUT2D eigenvalue weighted by Gasteiger charge is 2.21. The van der Waals surface area contributed by atoms with Crippen LogP contribution in [0, 0.1) is 0 Å². The number of alkyl carbamates (subject to hydrolysis) is 1. The number of unbranched alkanes of at least 4 members (excludes halogenated alkanes) is 1. The molecular formula is C18H24N4O3. The summed E-state index contributed by atoms with van der Waals surface area (Å²) in [5.41, 5.74) is 1.54. The number of aromatic nitrogens is 2. The van der Waals surface area contributed by atoms with Crippen LogP contribution in [0.1, 0.15) is 44.1 Å². The van der Waals surface area contributed by atoms with E-state index in [0.29, 0.717) is 18.1 Å². The zero-order valence-electron chi connectivity index (χ0n) is 14.8. The molecule has 0 bridgehead atoms. The first-order chi connectivity index (χ1) is 12.0. The van der Waals surface area contributed by atoms with Gasteiger partial charge >= 0.3 is 6.09 Å². The van der Waals surface area contributed by atoms with Gasteiger partial charge in [0.05, 0.1) is 6.61 Å². The summed E-state index contributed by atoms with van der Waals surface area (Å²) in [6.45, 7) is 3.88. The van der Waals surface area contributed by atoms with Gasteiger partial charge in [-0.15, -0.1) is 0 Å². The topological polar surface area (TPSA) is 85.2 Å². The molecule has 0 fully saturated rings. The number of hydrogen-bond donors (Lipinski definition) is 2. The maximum absolute atomic E-state index is 12.1. The van der Waals surface area contributed by atoms with E-state index in [-0.39, 0.29) is 5.91 Å². The molecule has 0 aliphatic rings. The van der Waals surface area contributed by atoms with E-state index in [2.05, 4.69) is 15.6 Å². The molecule has 0 spiro atoms. The summed E-state index contributed by atoms with van der Waals surface area (Å²) < 4.78 is 7.05. The molecule has 7 nitrogen and oxygen atoms in total. The molecule has 1 unspecified atom stereocenters. The Morgan fingerprint density at radius 2 is 2.00 bits per heavy atom. The van der Waals surface area contributed by atoms with Gasteiger partial charge in [0.2, 0.25) is 5.91 Å². The number of imidazole rings is 1. The first-order valence-electron chi connectivity index (χ1n) is 8.29. The fraction of sp³-hybridized carbons (Fsp3) is 0.389. The molecule has 2 aromatic rings. The summed E-state index contributed by atoms with van der Waals surface area (Å²) in [5.74, 6) is 0.561. The minimum Gasteiger partial charge on any atom is -0.450 e. The maximum Gasteiger partial charge on any atom is 0.407 e. The second-order valence-electron chi connectivity index (χ2n) is 5.77. The van der Waals surface area contributed by atoms with Crippen LogP contribution in [-0.4, -0.2) is 28.2 Å². The average molecular weight is 344 g/mol. The van der Waals surface area contributed by atoms with E-state index in [1.54, 1.807) is 18.3 Å². The van der Waals surface area contributed by atoms with Crippen LogP contribution >= 0.6 is 0 Å². The normalized spacial score (nSPS) is 11.6. The third-order valence-corrected chi connectivity index (χ3v) is 3.67. The number of nitrogens with one attached hydrogen (secondary N) is 2. The molecule has 0 saturated heterocycles. The number of aryl methyl sites for hydroxylation is 1. The molecule has 7 heteroatoms. The van der Waals surface area contributed by atoms with E-state index < -0.39 is 12.1 Å². The van der Waals surface area contributed by atoms with Gasteiger partial charge in [0.15, 0.2) is 0 Å². The molecule has 0 aliphatic heterocycles. The van der Waals surface area contributed by atoms with Crippen molar-refractivity contribution in [2.45, 2.75) is 32.7 Å². The molecule has 0 aliphatic carbocycles. The van der Waals surface area contributed by atoms with E-state index in [1.807, 2.05) is 36.9 Å². The Morgan fingerprint density at radius 3 is 2.56 bits per heavy atom. The lowest BCUT2D eigenvalue weighted by Crippen LogP contribution is -2.31. The van der Waals surface area contributed by atoms with Crippen LogP contribution < -0.4 is 10.6 Å². The van der Waals surface area contributed by atoms with E-state index >= 15 is 0 Å². The standard InChI is InChI=1S/C18H24N4O3/c1-4-5-12-25-18(24)21-16(17-19-10-11-22(17)3)14-6-8-15(9-7-14)20-13(2)23/h6-11,16H,4-5,12H2,1-3H3,(H,20,23)(H,21,24). The maximum atomic E-state index is 12.1. The van der Waals surface area contributed by atoms with Gasteiger partial charge in [0.25, 0.3) is 0 Å². The molecule has 2 amide bonds. The number of ether oxygens (including phenoxy) is 1. The second kappa shape index (κ2) is 8.86. The molecule has 1 atom stereocenters. The smallest absolute Gasteiger partial charge is 0.407 e. The summed E-state index contributed by atoms with van der Waals surface area (Å²) in [6.07, 6.45) is 4.80. The summed E-state index contributed by atoms with van der Waals surface area (Å²) in [6, 6.07) is 6.82. The molecule has 2 N–H and O–H groups in total. The fourth-order valence-corrected chi connectivity index (χ4v) is 2.38. The van der Waals surface area contributed by atoms with E-state index in [9.17, 15) is 9.59 Å². The molecule has 0 radical (unpaired) electrons. The lowest BCUT2D eigenvalue weighted by atomic mass is 10.1. The summed E-state index contributed by atoms with van der Waals surface area (Å²) >= 11 is 0. The van der Waals surface area contributed by atoms with Gasteiger partial charge < -0.3 is 19.9 Å². The van der Waals surface area contributed by atoms with Gasteiger partial charge in [0.1, 0.15) is 11.9 Å². The first-order valence-corrected chi connectivity index (χ1v) is 8.29. The number of carbonyl (C=O) groups excluding carboxylic acids is 2. The van der Waals surface area contributed by atoms with Gasteiger partial charge in [-0.2, -0.15) is 0 Å². The highest BCUT2D eigenvalue weighted by molar-refractivity contribution is 5.88. The number of amides is 2. The Labute approximate surface area is 147 Å². The third-order valence-electron chi connectivity index (χ3n) is 3.67. The zero-order chi connectivity index (χ0) is 18.2. The molecule has 2 rings (SSSR count). The summed E-state index contributed by atoms with van der Waals surface area (Å²) in [4.78, 5) is 27.6. The highest BCUT2D eigenvalue weighted by Crippen LogP contribution is 2.22. The van der Waals surface area contributed by atoms with Crippen LogP contribution in [0.5, 0.6) is 0 Å². The van der Waals surface area contributed by atoms with Crippen molar-refractivity contribution >= 4 is 17.7 Å². The Hall–Kier alpha value is -2.83. The Balaban J connectivity index is 2.18. The van der Waals surface area contributed by atoms with Crippen molar-refractivity contribution in [3.8, 4) is 0 Å². The van der Waals surface area contributed by atoms with Crippen molar-refractivity contribution in [1.29, 1.82) is 0 Å². The number of nitrogens with zero attached hydrogens (tertiary/aromatic N) is 2. The molecule has 0 saturated carbocycles. The number of benzene rings is 1. The summed E-state index contributed by atoms with van der Waals surface area (Å²) in [5, 5.41) is 5.58. The summed E-state index contributed by atoms with van der Waals surface area (Å²) in [7, 11) is 1.87. The lowest BCUT2D eigenvalue weighted by Gasteiger charge is -2.19.